The molecule has 1 saturated heterocycles. The van der Waals surface area contributed by atoms with Crippen molar-refractivity contribution in [2.45, 2.75) is 44.8 Å². The Kier molecular flexibility index (Phi) is 3.33. The molecule has 0 bridgehead atoms. The Bertz CT molecular complexity index is 307. The van der Waals surface area contributed by atoms with Gasteiger partial charge in [-0.05, 0) is 19.3 Å². The van der Waals surface area contributed by atoms with Crippen LogP contribution in [-0.2, 0) is 11.2 Å². The second kappa shape index (κ2) is 4.72. The molecule has 0 spiro atoms. The van der Waals surface area contributed by atoms with Crippen molar-refractivity contribution in [3.8, 4) is 0 Å². The van der Waals surface area contributed by atoms with Gasteiger partial charge in [0, 0.05) is 19.1 Å². The van der Waals surface area contributed by atoms with Gasteiger partial charge in [0.2, 0.25) is 0 Å². The maximum absolute atomic E-state index is 5.81. The highest BCUT2D eigenvalue weighted by molar-refractivity contribution is 4.93. The molecule has 5 nitrogen and oxygen atoms in total. The topological polar surface area (TPSA) is 74.2 Å². The predicted molar refractivity (Wildman–Crippen MR) is 54.2 cm³/mol. The standard InChI is InChI=1S/C10H17N3O2/c1-2-7(11)6-9-12-10(15-13-9)8-4-3-5-14-8/h7-8H,2-6,11H2,1H3. The third-order valence-electron chi connectivity index (χ3n) is 2.66. The van der Waals surface area contributed by atoms with E-state index in [0.717, 1.165) is 25.9 Å². The molecule has 1 aliphatic heterocycles. The van der Waals surface area contributed by atoms with E-state index < -0.39 is 0 Å². The van der Waals surface area contributed by atoms with Crippen molar-refractivity contribution in [2.75, 3.05) is 6.61 Å². The Balaban J connectivity index is 1.97. The fourth-order valence-electron chi connectivity index (χ4n) is 1.63. The van der Waals surface area contributed by atoms with E-state index in [0.29, 0.717) is 18.1 Å². The van der Waals surface area contributed by atoms with E-state index in [-0.39, 0.29) is 12.1 Å². The van der Waals surface area contributed by atoms with Gasteiger partial charge in [-0.25, -0.2) is 0 Å². The Morgan fingerprint density at radius 3 is 3.13 bits per heavy atom. The highest BCUT2D eigenvalue weighted by atomic mass is 16.5. The van der Waals surface area contributed by atoms with Crippen molar-refractivity contribution in [2.24, 2.45) is 5.73 Å². The highest BCUT2D eigenvalue weighted by Crippen LogP contribution is 2.26. The van der Waals surface area contributed by atoms with Gasteiger partial charge < -0.3 is 15.0 Å². The molecular formula is C10H17N3O2. The van der Waals surface area contributed by atoms with Crippen molar-refractivity contribution in [3.05, 3.63) is 11.7 Å². The lowest BCUT2D eigenvalue weighted by Crippen LogP contribution is -2.22. The van der Waals surface area contributed by atoms with E-state index in [2.05, 4.69) is 10.1 Å². The van der Waals surface area contributed by atoms with Crippen LogP contribution < -0.4 is 5.73 Å². The molecule has 84 valence electrons. The number of rotatable bonds is 4. The SMILES string of the molecule is CCC(N)Cc1noc(C2CCCO2)n1. The first kappa shape index (κ1) is 10.6. The maximum atomic E-state index is 5.81. The monoisotopic (exact) mass is 211 g/mol. The summed E-state index contributed by atoms with van der Waals surface area (Å²) in [6.45, 7) is 2.84. The summed E-state index contributed by atoms with van der Waals surface area (Å²) in [7, 11) is 0. The van der Waals surface area contributed by atoms with Crippen LogP contribution in [0.5, 0.6) is 0 Å². The second-order valence-electron chi connectivity index (χ2n) is 3.92. The van der Waals surface area contributed by atoms with Crippen LogP contribution in [0, 0.1) is 0 Å². The third-order valence-corrected chi connectivity index (χ3v) is 2.66. The molecule has 5 heteroatoms. The van der Waals surface area contributed by atoms with E-state index in [1.807, 2.05) is 6.92 Å². The Morgan fingerprint density at radius 1 is 1.60 bits per heavy atom. The molecule has 2 N–H and O–H groups in total. The molecule has 2 heterocycles. The number of aromatic nitrogens is 2. The maximum Gasteiger partial charge on any atom is 0.255 e. The van der Waals surface area contributed by atoms with Gasteiger partial charge in [-0.3, -0.25) is 0 Å². The number of nitrogens with zero attached hydrogens (tertiary/aromatic N) is 2. The van der Waals surface area contributed by atoms with Gasteiger partial charge in [-0.1, -0.05) is 12.1 Å². The smallest absolute Gasteiger partial charge is 0.255 e. The first-order chi connectivity index (χ1) is 7.29. The van der Waals surface area contributed by atoms with Crippen LogP contribution in [0.15, 0.2) is 4.52 Å². The molecule has 0 saturated carbocycles. The molecule has 0 amide bonds. The summed E-state index contributed by atoms with van der Waals surface area (Å²) < 4.78 is 10.6. The van der Waals surface area contributed by atoms with Crippen LogP contribution in [0.4, 0.5) is 0 Å². The predicted octanol–water partition coefficient (Wildman–Crippen LogP) is 1.20. The van der Waals surface area contributed by atoms with Crippen LogP contribution >= 0.6 is 0 Å². The van der Waals surface area contributed by atoms with E-state index in [4.69, 9.17) is 15.0 Å². The summed E-state index contributed by atoms with van der Waals surface area (Å²) in [5.74, 6) is 1.29. The van der Waals surface area contributed by atoms with Crippen LogP contribution in [0.1, 0.15) is 44.0 Å². The minimum Gasteiger partial charge on any atom is -0.368 e. The van der Waals surface area contributed by atoms with Crippen molar-refractivity contribution < 1.29 is 9.26 Å². The average Bonchev–Trinajstić information content (AvgIpc) is 2.85. The Hall–Kier alpha value is -0.940. The number of hydrogen-bond acceptors (Lipinski definition) is 5. The van der Waals surface area contributed by atoms with Crippen molar-refractivity contribution in [3.63, 3.8) is 0 Å². The van der Waals surface area contributed by atoms with Gasteiger partial charge in [0.1, 0.15) is 6.10 Å². The fraction of sp³-hybridized carbons (Fsp3) is 0.800. The van der Waals surface area contributed by atoms with Gasteiger partial charge in [0.25, 0.3) is 5.89 Å². The molecule has 2 atom stereocenters. The molecule has 2 unspecified atom stereocenters. The lowest BCUT2D eigenvalue weighted by Gasteiger charge is -2.03. The molecule has 1 aliphatic rings. The summed E-state index contributed by atoms with van der Waals surface area (Å²) >= 11 is 0. The first-order valence-corrected chi connectivity index (χ1v) is 5.49. The van der Waals surface area contributed by atoms with Gasteiger partial charge in [-0.15, -0.1) is 0 Å². The van der Waals surface area contributed by atoms with Gasteiger partial charge >= 0.3 is 0 Å². The zero-order valence-corrected chi connectivity index (χ0v) is 8.98. The minimum atomic E-state index is 0.00380. The van der Waals surface area contributed by atoms with E-state index in [1.54, 1.807) is 0 Å². The Labute approximate surface area is 89.0 Å². The average molecular weight is 211 g/mol. The van der Waals surface area contributed by atoms with Crippen LogP contribution in [0.25, 0.3) is 0 Å². The summed E-state index contributed by atoms with van der Waals surface area (Å²) in [6.07, 6.45) is 3.64. The van der Waals surface area contributed by atoms with Gasteiger partial charge in [0.15, 0.2) is 5.82 Å². The number of hydrogen-bond donors (Lipinski definition) is 1. The first-order valence-electron chi connectivity index (χ1n) is 5.49. The molecule has 2 rings (SSSR count). The summed E-state index contributed by atoms with van der Waals surface area (Å²) in [5.41, 5.74) is 5.81. The number of nitrogens with two attached hydrogens (primary N) is 1. The second-order valence-corrected chi connectivity index (χ2v) is 3.92. The zero-order chi connectivity index (χ0) is 10.7. The molecule has 1 aromatic rings. The normalized spacial score (nSPS) is 23.2. The van der Waals surface area contributed by atoms with Gasteiger partial charge in [-0.2, -0.15) is 4.98 Å². The summed E-state index contributed by atoms with van der Waals surface area (Å²) in [5, 5.41) is 3.90. The lowest BCUT2D eigenvalue weighted by molar-refractivity contribution is 0.0835. The van der Waals surface area contributed by atoms with E-state index >= 15 is 0 Å². The van der Waals surface area contributed by atoms with Gasteiger partial charge in [0.05, 0.1) is 0 Å². The van der Waals surface area contributed by atoms with Crippen molar-refractivity contribution in [1.82, 2.24) is 10.1 Å². The van der Waals surface area contributed by atoms with Crippen LogP contribution in [0.2, 0.25) is 0 Å². The minimum absolute atomic E-state index is 0.00380. The molecule has 0 aliphatic carbocycles. The van der Waals surface area contributed by atoms with Crippen molar-refractivity contribution >= 4 is 0 Å². The largest absolute Gasteiger partial charge is 0.368 e. The third kappa shape index (κ3) is 2.54. The van der Waals surface area contributed by atoms with Crippen molar-refractivity contribution in [1.29, 1.82) is 0 Å². The summed E-state index contributed by atoms with van der Waals surface area (Å²) in [6, 6.07) is 0.111. The van der Waals surface area contributed by atoms with E-state index in [9.17, 15) is 0 Å². The molecular weight excluding hydrogens is 194 g/mol. The molecule has 1 fully saturated rings. The highest BCUT2D eigenvalue weighted by Gasteiger charge is 2.23. The molecule has 0 aromatic carbocycles. The quantitative estimate of drug-likeness (QED) is 0.810. The lowest BCUT2D eigenvalue weighted by atomic mass is 10.1. The molecule has 1 aromatic heterocycles. The number of ether oxygens (including phenoxy) is 1. The van der Waals surface area contributed by atoms with E-state index in [1.165, 1.54) is 0 Å². The summed E-state index contributed by atoms with van der Waals surface area (Å²) in [4.78, 5) is 4.30. The zero-order valence-electron chi connectivity index (χ0n) is 8.98. The molecule has 0 radical (unpaired) electrons. The Morgan fingerprint density at radius 2 is 2.47 bits per heavy atom. The fourth-order valence-corrected chi connectivity index (χ4v) is 1.63. The molecule has 15 heavy (non-hydrogen) atoms. The van der Waals surface area contributed by atoms with Crippen LogP contribution in [0.3, 0.4) is 0 Å². The van der Waals surface area contributed by atoms with Crippen LogP contribution in [-0.4, -0.2) is 22.8 Å².